The Balaban J connectivity index is 2.36. The molecule has 0 saturated carbocycles. The molecule has 0 aliphatic carbocycles. The quantitative estimate of drug-likeness (QED) is 0.327. The van der Waals surface area contributed by atoms with E-state index in [4.69, 9.17) is 5.21 Å². The van der Waals surface area contributed by atoms with E-state index in [2.05, 4.69) is 17.4 Å². The molecule has 0 fully saturated rings. The maximum absolute atomic E-state index is 11.9. The lowest BCUT2D eigenvalue weighted by atomic mass is 10.1. The lowest BCUT2D eigenvalue weighted by Crippen LogP contribution is -2.32. The second kappa shape index (κ2) is 9.14. The Morgan fingerprint density at radius 3 is 2.47 bits per heavy atom. The maximum atomic E-state index is 11.9. The van der Waals surface area contributed by atoms with Crippen LogP contribution in [0.2, 0.25) is 0 Å². The first-order chi connectivity index (χ1) is 9.29. The van der Waals surface area contributed by atoms with Crippen LogP contribution in [0.3, 0.4) is 0 Å². The average molecular weight is 262 g/mol. The Hall–Kier alpha value is -1.84. The monoisotopic (exact) mass is 262 g/mol. The van der Waals surface area contributed by atoms with Gasteiger partial charge in [-0.1, -0.05) is 68.1 Å². The molecule has 0 aliphatic rings. The molecule has 0 unspecified atom stereocenters. The highest BCUT2D eigenvalue weighted by atomic mass is 16.4. The van der Waals surface area contributed by atoms with Crippen LogP contribution in [0.5, 0.6) is 0 Å². The summed E-state index contributed by atoms with van der Waals surface area (Å²) in [5, 5.41) is 14.8. The zero-order valence-corrected chi connectivity index (χ0v) is 11.4. The van der Waals surface area contributed by atoms with Crippen molar-refractivity contribution in [2.24, 2.45) is 5.16 Å². The third-order valence-electron chi connectivity index (χ3n) is 2.93. The molecule has 19 heavy (non-hydrogen) atoms. The van der Waals surface area contributed by atoms with Gasteiger partial charge in [-0.15, -0.1) is 0 Å². The number of oxime groups is 1. The lowest BCUT2D eigenvalue weighted by molar-refractivity contribution is -0.114. The smallest absolute Gasteiger partial charge is 0.273 e. The number of unbranched alkanes of at least 4 members (excludes halogenated alkanes) is 4. The van der Waals surface area contributed by atoms with E-state index < -0.39 is 0 Å². The van der Waals surface area contributed by atoms with Gasteiger partial charge in [0.25, 0.3) is 5.91 Å². The first kappa shape index (κ1) is 15.2. The predicted molar refractivity (Wildman–Crippen MR) is 76.5 cm³/mol. The van der Waals surface area contributed by atoms with E-state index in [0.29, 0.717) is 12.1 Å². The van der Waals surface area contributed by atoms with Crippen LogP contribution in [0.25, 0.3) is 0 Å². The molecule has 0 saturated heterocycles. The van der Waals surface area contributed by atoms with E-state index in [9.17, 15) is 4.79 Å². The summed E-state index contributed by atoms with van der Waals surface area (Å²) in [6.07, 6.45) is 5.72. The van der Waals surface area contributed by atoms with Gasteiger partial charge in [0.2, 0.25) is 0 Å². The fourth-order valence-electron chi connectivity index (χ4n) is 1.84. The zero-order valence-electron chi connectivity index (χ0n) is 11.4. The molecule has 1 rings (SSSR count). The van der Waals surface area contributed by atoms with Crippen molar-refractivity contribution in [3.8, 4) is 0 Å². The summed E-state index contributed by atoms with van der Waals surface area (Å²) < 4.78 is 0. The van der Waals surface area contributed by atoms with Crippen molar-refractivity contribution in [3.05, 3.63) is 35.9 Å². The number of carbonyl (C=O) groups is 1. The molecular formula is C15H22N2O2. The van der Waals surface area contributed by atoms with Gasteiger partial charge < -0.3 is 10.5 Å². The standard InChI is InChI=1S/C15H22N2O2/c1-2-3-4-5-9-12-16-15(18)14(17-19)13-10-7-6-8-11-13/h6-8,10-11,19H,2-5,9,12H2,1H3,(H,16,18). The molecular weight excluding hydrogens is 240 g/mol. The Kier molecular flexibility index (Phi) is 7.32. The fraction of sp³-hybridized carbons (Fsp3) is 0.467. The van der Waals surface area contributed by atoms with Gasteiger partial charge in [0.1, 0.15) is 0 Å². The summed E-state index contributed by atoms with van der Waals surface area (Å²) in [6.45, 7) is 2.79. The van der Waals surface area contributed by atoms with Crippen LogP contribution in [0.1, 0.15) is 44.6 Å². The van der Waals surface area contributed by atoms with Crippen LogP contribution in [0.4, 0.5) is 0 Å². The molecule has 0 radical (unpaired) electrons. The number of hydrogen-bond donors (Lipinski definition) is 2. The van der Waals surface area contributed by atoms with E-state index in [1.165, 1.54) is 19.3 Å². The Bertz CT molecular complexity index is 402. The van der Waals surface area contributed by atoms with Crippen LogP contribution in [-0.2, 0) is 4.79 Å². The number of hydrogen-bond acceptors (Lipinski definition) is 3. The molecule has 1 aromatic rings. The van der Waals surface area contributed by atoms with Crippen molar-refractivity contribution in [1.82, 2.24) is 5.32 Å². The van der Waals surface area contributed by atoms with Crippen molar-refractivity contribution in [1.29, 1.82) is 0 Å². The fourth-order valence-corrected chi connectivity index (χ4v) is 1.84. The molecule has 104 valence electrons. The van der Waals surface area contributed by atoms with E-state index in [-0.39, 0.29) is 11.6 Å². The van der Waals surface area contributed by atoms with Gasteiger partial charge in [0.15, 0.2) is 5.71 Å². The van der Waals surface area contributed by atoms with Crippen LogP contribution in [-0.4, -0.2) is 23.4 Å². The van der Waals surface area contributed by atoms with Gasteiger partial charge in [-0.05, 0) is 6.42 Å². The highest BCUT2D eigenvalue weighted by molar-refractivity contribution is 6.45. The summed E-state index contributed by atoms with van der Waals surface area (Å²) in [4.78, 5) is 11.9. The zero-order chi connectivity index (χ0) is 13.9. The minimum atomic E-state index is -0.329. The molecule has 0 spiro atoms. The highest BCUT2D eigenvalue weighted by Crippen LogP contribution is 2.03. The summed E-state index contributed by atoms with van der Waals surface area (Å²) >= 11 is 0. The predicted octanol–water partition coefficient (Wildman–Crippen LogP) is 2.95. The molecule has 1 aromatic carbocycles. The molecule has 1 amide bonds. The third-order valence-corrected chi connectivity index (χ3v) is 2.93. The Morgan fingerprint density at radius 2 is 1.84 bits per heavy atom. The van der Waals surface area contributed by atoms with E-state index in [1.807, 2.05) is 6.07 Å². The van der Waals surface area contributed by atoms with Crippen LogP contribution in [0.15, 0.2) is 35.5 Å². The third kappa shape index (κ3) is 5.55. The van der Waals surface area contributed by atoms with Crippen molar-refractivity contribution in [2.75, 3.05) is 6.54 Å². The molecule has 4 nitrogen and oxygen atoms in total. The van der Waals surface area contributed by atoms with E-state index in [0.717, 1.165) is 12.8 Å². The van der Waals surface area contributed by atoms with Crippen molar-refractivity contribution >= 4 is 11.6 Å². The number of amides is 1. The van der Waals surface area contributed by atoms with Gasteiger partial charge in [-0.3, -0.25) is 4.79 Å². The Labute approximate surface area is 114 Å². The van der Waals surface area contributed by atoms with E-state index in [1.54, 1.807) is 24.3 Å². The normalized spacial score (nSPS) is 11.3. The molecule has 0 aromatic heterocycles. The number of nitrogens with zero attached hydrogens (tertiary/aromatic N) is 1. The van der Waals surface area contributed by atoms with Gasteiger partial charge in [0.05, 0.1) is 0 Å². The summed E-state index contributed by atoms with van der Waals surface area (Å²) in [5.74, 6) is -0.329. The van der Waals surface area contributed by atoms with Crippen molar-refractivity contribution in [3.63, 3.8) is 0 Å². The molecule has 0 heterocycles. The SMILES string of the molecule is CCCCCCCNC(=O)C(=NO)c1ccccc1. The molecule has 2 N–H and O–H groups in total. The van der Waals surface area contributed by atoms with Crippen LogP contribution in [0, 0.1) is 0 Å². The topological polar surface area (TPSA) is 61.7 Å². The minimum absolute atomic E-state index is 0.0640. The van der Waals surface area contributed by atoms with Gasteiger partial charge in [-0.2, -0.15) is 0 Å². The summed E-state index contributed by atoms with van der Waals surface area (Å²) in [5.41, 5.74) is 0.683. The number of rotatable bonds is 8. The van der Waals surface area contributed by atoms with Gasteiger partial charge >= 0.3 is 0 Å². The van der Waals surface area contributed by atoms with E-state index >= 15 is 0 Å². The first-order valence-corrected chi connectivity index (χ1v) is 6.85. The average Bonchev–Trinajstić information content (AvgIpc) is 2.45. The maximum Gasteiger partial charge on any atom is 0.273 e. The highest BCUT2D eigenvalue weighted by Gasteiger charge is 2.13. The number of nitrogens with one attached hydrogen (secondary N) is 1. The van der Waals surface area contributed by atoms with Gasteiger partial charge in [-0.25, -0.2) is 0 Å². The first-order valence-electron chi connectivity index (χ1n) is 6.85. The minimum Gasteiger partial charge on any atom is -0.410 e. The number of carbonyl (C=O) groups excluding carboxylic acids is 1. The second-order valence-corrected chi connectivity index (χ2v) is 4.48. The summed E-state index contributed by atoms with van der Waals surface area (Å²) in [7, 11) is 0. The Morgan fingerprint density at radius 1 is 1.16 bits per heavy atom. The molecule has 4 heteroatoms. The largest absolute Gasteiger partial charge is 0.410 e. The van der Waals surface area contributed by atoms with Gasteiger partial charge in [0, 0.05) is 12.1 Å². The molecule has 0 aliphatic heterocycles. The van der Waals surface area contributed by atoms with Crippen molar-refractivity contribution in [2.45, 2.75) is 39.0 Å². The van der Waals surface area contributed by atoms with Crippen LogP contribution < -0.4 is 5.32 Å². The van der Waals surface area contributed by atoms with Crippen molar-refractivity contribution < 1.29 is 10.0 Å². The number of benzene rings is 1. The molecule has 0 bridgehead atoms. The van der Waals surface area contributed by atoms with Crippen LogP contribution >= 0.6 is 0 Å². The summed E-state index contributed by atoms with van der Waals surface area (Å²) in [6, 6.07) is 8.95. The lowest BCUT2D eigenvalue weighted by Gasteiger charge is -2.06. The molecule has 0 atom stereocenters. The second-order valence-electron chi connectivity index (χ2n) is 4.48.